The molecular weight excluding hydrogens is 285 g/mol. The van der Waals surface area contributed by atoms with Crippen LogP contribution in [-0.4, -0.2) is 12.6 Å². The Morgan fingerprint density at radius 2 is 2.05 bits per heavy atom. The maximum absolute atomic E-state index is 13.9. The second-order valence-electron chi connectivity index (χ2n) is 6.28. The van der Waals surface area contributed by atoms with Crippen LogP contribution in [0.4, 0.5) is 4.39 Å². The maximum atomic E-state index is 13.9. The third-order valence-electron chi connectivity index (χ3n) is 4.61. The Morgan fingerprint density at radius 3 is 2.76 bits per heavy atom. The lowest BCUT2D eigenvalue weighted by Crippen LogP contribution is -2.32. The Morgan fingerprint density at radius 1 is 1.29 bits per heavy atom. The molecule has 1 aliphatic rings. The first-order chi connectivity index (χ1) is 10.2. The molecule has 1 unspecified atom stereocenters. The van der Waals surface area contributed by atoms with E-state index in [0.29, 0.717) is 11.1 Å². The second-order valence-corrected chi connectivity index (χ2v) is 6.71. The molecule has 1 saturated carbocycles. The fraction of sp³-hybridized carbons (Fsp3) is 0.667. The monoisotopic (exact) mass is 311 g/mol. The van der Waals surface area contributed by atoms with Gasteiger partial charge in [0.2, 0.25) is 0 Å². The molecular formula is C18H27ClFN. The summed E-state index contributed by atoms with van der Waals surface area (Å²) in [5.41, 5.74) is 0.733. The molecule has 1 aromatic rings. The zero-order chi connectivity index (χ0) is 15.1. The zero-order valence-corrected chi connectivity index (χ0v) is 13.8. The second kappa shape index (κ2) is 8.75. The first kappa shape index (κ1) is 16.8. The highest BCUT2D eigenvalue weighted by Gasteiger charge is 2.17. The third kappa shape index (κ3) is 5.60. The van der Waals surface area contributed by atoms with Gasteiger partial charge < -0.3 is 5.32 Å². The van der Waals surface area contributed by atoms with Crippen molar-refractivity contribution in [3.63, 3.8) is 0 Å². The van der Waals surface area contributed by atoms with E-state index in [1.807, 2.05) is 0 Å². The van der Waals surface area contributed by atoms with Crippen molar-refractivity contribution in [1.29, 1.82) is 0 Å². The van der Waals surface area contributed by atoms with E-state index in [1.165, 1.54) is 44.6 Å². The van der Waals surface area contributed by atoms with Gasteiger partial charge in [-0.25, -0.2) is 4.39 Å². The van der Waals surface area contributed by atoms with E-state index in [9.17, 15) is 4.39 Å². The molecule has 0 spiro atoms. The van der Waals surface area contributed by atoms with E-state index in [4.69, 9.17) is 11.6 Å². The molecule has 1 aromatic carbocycles. The average Bonchev–Trinajstić information content (AvgIpc) is 2.50. The molecule has 118 valence electrons. The Balaban J connectivity index is 1.89. The molecule has 0 amide bonds. The quantitative estimate of drug-likeness (QED) is 0.714. The van der Waals surface area contributed by atoms with E-state index in [0.717, 1.165) is 30.9 Å². The minimum atomic E-state index is -0.139. The summed E-state index contributed by atoms with van der Waals surface area (Å²) in [6.07, 6.45) is 10.1. The topological polar surface area (TPSA) is 12.0 Å². The van der Waals surface area contributed by atoms with E-state index >= 15 is 0 Å². The summed E-state index contributed by atoms with van der Waals surface area (Å²) in [4.78, 5) is 0. The van der Waals surface area contributed by atoms with Crippen molar-refractivity contribution in [2.45, 2.75) is 64.3 Å². The molecule has 0 saturated heterocycles. The summed E-state index contributed by atoms with van der Waals surface area (Å²) >= 11 is 5.99. The van der Waals surface area contributed by atoms with Crippen molar-refractivity contribution < 1.29 is 4.39 Å². The van der Waals surface area contributed by atoms with Crippen LogP contribution in [0.5, 0.6) is 0 Å². The van der Waals surface area contributed by atoms with Crippen LogP contribution in [0, 0.1) is 11.7 Å². The molecule has 1 nitrogen and oxygen atoms in total. The predicted molar refractivity (Wildman–Crippen MR) is 88.4 cm³/mol. The molecule has 1 aliphatic carbocycles. The molecule has 21 heavy (non-hydrogen) atoms. The first-order valence-electron chi connectivity index (χ1n) is 8.36. The number of likely N-dealkylation sites (N-methyl/N-ethyl adjacent to an activating group) is 1. The van der Waals surface area contributed by atoms with Gasteiger partial charge in [-0.2, -0.15) is 0 Å². The van der Waals surface area contributed by atoms with Crippen LogP contribution in [0.15, 0.2) is 18.2 Å². The minimum absolute atomic E-state index is 0.139. The van der Waals surface area contributed by atoms with E-state index in [-0.39, 0.29) is 5.82 Å². The molecule has 0 radical (unpaired) electrons. The lowest BCUT2D eigenvalue weighted by Gasteiger charge is -2.25. The zero-order valence-electron chi connectivity index (χ0n) is 13.0. The Labute approximate surface area is 133 Å². The van der Waals surface area contributed by atoms with Crippen LogP contribution in [-0.2, 0) is 6.42 Å². The van der Waals surface area contributed by atoms with Gasteiger partial charge in [-0.05, 0) is 55.5 Å². The van der Waals surface area contributed by atoms with Crippen LogP contribution in [0.1, 0.15) is 57.4 Å². The Kier molecular flexibility index (Phi) is 6.98. The summed E-state index contributed by atoms with van der Waals surface area (Å²) < 4.78 is 13.9. The van der Waals surface area contributed by atoms with Gasteiger partial charge in [-0.15, -0.1) is 0 Å². The first-order valence-corrected chi connectivity index (χ1v) is 8.74. The van der Waals surface area contributed by atoms with E-state index < -0.39 is 0 Å². The van der Waals surface area contributed by atoms with Gasteiger partial charge in [-0.1, -0.05) is 50.6 Å². The van der Waals surface area contributed by atoms with Gasteiger partial charge in [0.05, 0.1) is 0 Å². The van der Waals surface area contributed by atoms with Gasteiger partial charge in [0.25, 0.3) is 0 Å². The number of nitrogens with one attached hydrogen (secondary N) is 1. The molecule has 0 bridgehead atoms. The number of hydrogen-bond acceptors (Lipinski definition) is 1. The van der Waals surface area contributed by atoms with Gasteiger partial charge in [-0.3, -0.25) is 0 Å². The highest BCUT2D eigenvalue weighted by atomic mass is 35.5. The molecule has 3 heteroatoms. The molecule has 2 rings (SSSR count). The number of halogens is 2. The van der Waals surface area contributed by atoms with Crippen molar-refractivity contribution in [1.82, 2.24) is 5.32 Å². The summed E-state index contributed by atoms with van der Waals surface area (Å²) in [6.45, 7) is 3.04. The molecule has 0 aliphatic heterocycles. The van der Waals surface area contributed by atoms with Crippen molar-refractivity contribution in [3.8, 4) is 0 Å². The smallest absolute Gasteiger partial charge is 0.126 e. The number of benzene rings is 1. The van der Waals surface area contributed by atoms with Crippen LogP contribution in [0.25, 0.3) is 0 Å². The van der Waals surface area contributed by atoms with Crippen LogP contribution in [0.3, 0.4) is 0 Å². The number of hydrogen-bond donors (Lipinski definition) is 1. The largest absolute Gasteiger partial charge is 0.314 e. The normalized spacial score (nSPS) is 17.9. The maximum Gasteiger partial charge on any atom is 0.126 e. The van der Waals surface area contributed by atoms with Crippen LogP contribution < -0.4 is 5.32 Å². The van der Waals surface area contributed by atoms with Crippen molar-refractivity contribution >= 4 is 11.6 Å². The molecule has 1 N–H and O–H groups in total. The lowest BCUT2D eigenvalue weighted by molar-refractivity contribution is 0.312. The highest BCUT2D eigenvalue weighted by molar-refractivity contribution is 6.30. The number of rotatable bonds is 7. The van der Waals surface area contributed by atoms with Crippen LogP contribution in [0.2, 0.25) is 5.02 Å². The van der Waals surface area contributed by atoms with Crippen molar-refractivity contribution in [2.75, 3.05) is 6.54 Å². The standard InChI is InChI=1S/C18H27ClFN/c1-2-21-17(10-8-14-6-4-3-5-7-14)13-15-12-16(19)9-11-18(15)20/h9,11-12,14,17,21H,2-8,10,13H2,1H3. The fourth-order valence-corrected chi connectivity index (χ4v) is 3.64. The summed E-state index contributed by atoms with van der Waals surface area (Å²) in [6, 6.07) is 5.21. The van der Waals surface area contributed by atoms with Crippen molar-refractivity contribution in [2.24, 2.45) is 5.92 Å². The Bertz CT molecular complexity index is 429. The average molecular weight is 312 g/mol. The molecule has 0 aromatic heterocycles. The third-order valence-corrected chi connectivity index (χ3v) is 4.85. The van der Waals surface area contributed by atoms with Gasteiger partial charge in [0, 0.05) is 11.1 Å². The van der Waals surface area contributed by atoms with Crippen LogP contribution >= 0.6 is 11.6 Å². The summed E-state index contributed by atoms with van der Waals surface area (Å²) in [5, 5.41) is 4.13. The van der Waals surface area contributed by atoms with E-state index in [2.05, 4.69) is 12.2 Å². The van der Waals surface area contributed by atoms with Gasteiger partial charge in [0.15, 0.2) is 0 Å². The Hall–Kier alpha value is -0.600. The minimum Gasteiger partial charge on any atom is -0.314 e. The SMILES string of the molecule is CCNC(CCC1CCCCC1)Cc1cc(Cl)ccc1F. The van der Waals surface area contributed by atoms with Crippen molar-refractivity contribution in [3.05, 3.63) is 34.6 Å². The fourth-order valence-electron chi connectivity index (χ4n) is 3.44. The molecule has 0 heterocycles. The van der Waals surface area contributed by atoms with Gasteiger partial charge in [0.1, 0.15) is 5.82 Å². The van der Waals surface area contributed by atoms with Gasteiger partial charge >= 0.3 is 0 Å². The lowest BCUT2D eigenvalue weighted by atomic mass is 9.84. The molecule has 1 atom stereocenters. The summed E-state index contributed by atoms with van der Waals surface area (Å²) in [5.74, 6) is 0.740. The summed E-state index contributed by atoms with van der Waals surface area (Å²) in [7, 11) is 0. The molecule has 1 fully saturated rings. The predicted octanol–water partition coefficient (Wildman–Crippen LogP) is 5.36. The van der Waals surface area contributed by atoms with E-state index in [1.54, 1.807) is 12.1 Å². The highest BCUT2D eigenvalue weighted by Crippen LogP contribution is 2.28.